The largest absolute Gasteiger partial charge is 0.494 e. The highest BCUT2D eigenvalue weighted by Gasteiger charge is 2.31. The number of carbonyl (C=O) groups excluding carboxylic acids is 1. The molecular formula is C19H27FN2O3. The van der Waals surface area contributed by atoms with Crippen molar-refractivity contribution >= 4 is 5.91 Å². The van der Waals surface area contributed by atoms with E-state index in [4.69, 9.17) is 9.47 Å². The SMILES string of the molecule is COc1ccc(C(=O)N(CC2CCOC2)C2CCN(C)CC2)cc1F. The Morgan fingerprint density at radius 2 is 2.12 bits per heavy atom. The summed E-state index contributed by atoms with van der Waals surface area (Å²) in [5.41, 5.74) is 0.385. The zero-order chi connectivity index (χ0) is 17.8. The minimum Gasteiger partial charge on any atom is -0.494 e. The number of piperidine rings is 1. The van der Waals surface area contributed by atoms with Crippen molar-refractivity contribution in [1.29, 1.82) is 0 Å². The number of hydrogen-bond acceptors (Lipinski definition) is 4. The highest BCUT2D eigenvalue weighted by atomic mass is 19.1. The topological polar surface area (TPSA) is 42.0 Å². The van der Waals surface area contributed by atoms with Gasteiger partial charge in [0.25, 0.3) is 5.91 Å². The molecule has 0 bridgehead atoms. The number of hydrogen-bond donors (Lipinski definition) is 0. The first-order valence-corrected chi connectivity index (χ1v) is 8.99. The van der Waals surface area contributed by atoms with Crippen molar-refractivity contribution in [3.63, 3.8) is 0 Å². The summed E-state index contributed by atoms with van der Waals surface area (Å²) in [6.07, 6.45) is 2.89. The molecule has 1 unspecified atom stereocenters. The van der Waals surface area contributed by atoms with E-state index in [1.165, 1.54) is 19.2 Å². The van der Waals surface area contributed by atoms with Gasteiger partial charge in [-0.2, -0.15) is 0 Å². The van der Waals surface area contributed by atoms with Crippen LogP contribution < -0.4 is 4.74 Å². The summed E-state index contributed by atoms with van der Waals surface area (Å²) >= 11 is 0. The monoisotopic (exact) mass is 350 g/mol. The molecule has 0 radical (unpaired) electrons. The van der Waals surface area contributed by atoms with Crippen LogP contribution in [0.4, 0.5) is 4.39 Å². The van der Waals surface area contributed by atoms with Gasteiger partial charge in [-0.25, -0.2) is 4.39 Å². The number of rotatable bonds is 5. The van der Waals surface area contributed by atoms with Crippen LogP contribution in [0.25, 0.3) is 0 Å². The lowest BCUT2D eigenvalue weighted by atomic mass is 9.99. The molecule has 6 heteroatoms. The normalized spacial score (nSPS) is 22.1. The zero-order valence-electron chi connectivity index (χ0n) is 15.0. The number of nitrogens with zero attached hydrogens (tertiary/aromatic N) is 2. The van der Waals surface area contributed by atoms with Gasteiger partial charge in [-0.3, -0.25) is 4.79 Å². The summed E-state index contributed by atoms with van der Waals surface area (Å²) in [4.78, 5) is 17.4. The maximum Gasteiger partial charge on any atom is 0.254 e. The Kier molecular flexibility index (Phi) is 5.91. The molecule has 2 heterocycles. The number of halogens is 1. The van der Waals surface area contributed by atoms with E-state index in [2.05, 4.69) is 11.9 Å². The van der Waals surface area contributed by atoms with Crippen molar-refractivity contribution in [2.45, 2.75) is 25.3 Å². The maximum absolute atomic E-state index is 14.1. The van der Waals surface area contributed by atoms with E-state index in [1.54, 1.807) is 6.07 Å². The minimum atomic E-state index is -0.499. The molecule has 2 aliphatic rings. The Hall–Kier alpha value is -1.66. The third kappa shape index (κ3) is 4.30. The van der Waals surface area contributed by atoms with Crippen LogP contribution in [0, 0.1) is 11.7 Å². The second-order valence-corrected chi connectivity index (χ2v) is 7.07. The molecule has 0 spiro atoms. The predicted molar refractivity (Wildman–Crippen MR) is 93.4 cm³/mol. The van der Waals surface area contributed by atoms with Gasteiger partial charge in [0.05, 0.1) is 13.7 Å². The smallest absolute Gasteiger partial charge is 0.254 e. The molecule has 1 aromatic rings. The van der Waals surface area contributed by atoms with Gasteiger partial charge in [-0.1, -0.05) is 0 Å². The first-order chi connectivity index (χ1) is 12.1. The minimum absolute atomic E-state index is 0.0944. The lowest BCUT2D eigenvalue weighted by Crippen LogP contribution is -2.48. The van der Waals surface area contributed by atoms with E-state index in [-0.39, 0.29) is 17.7 Å². The third-order valence-electron chi connectivity index (χ3n) is 5.27. The molecule has 0 N–H and O–H groups in total. The first kappa shape index (κ1) is 18.1. The van der Waals surface area contributed by atoms with Crippen LogP contribution in [0.3, 0.4) is 0 Å². The number of amides is 1. The van der Waals surface area contributed by atoms with Crippen molar-refractivity contribution in [2.24, 2.45) is 5.92 Å². The average molecular weight is 350 g/mol. The van der Waals surface area contributed by atoms with Crippen molar-refractivity contribution in [3.8, 4) is 5.75 Å². The average Bonchev–Trinajstić information content (AvgIpc) is 3.13. The van der Waals surface area contributed by atoms with Gasteiger partial charge in [0.15, 0.2) is 11.6 Å². The maximum atomic E-state index is 14.1. The molecule has 2 fully saturated rings. The van der Waals surface area contributed by atoms with Crippen LogP contribution in [0.15, 0.2) is 18.2 Å². The molecule has 0 aromatic heterocycles. The lowest BCUT2D eigenvalue weighted by Gasteiger charge is -2.38. The zero-order valence-corrected chi connectivity index (χ0v) is 15.0. The van der Waals surface area contributed by atoms with Crippen molar-refractivity contribution in [3.05, 3.63) is 29.6 Å². The molecule has 1 atom stereocenters. The Balaban J connectivity index is 1.79. The molecule has 1 aromatic carbocycles. The number of ether oxygens (including phenoxy) is 2. The molecule has 0 saturated carbocycles. The summed E-state index contributed by atoms with van der Waals surface area (Å²) in [6.45, 7) is 4.10. The van der Waals surface area contributed by atoms with Crippen LogP contribution in [-0.2, 0) is 4.74 Å². The summed E-state index contributed by atoms with van der Waals surface area (Å²) < 4.78 is 24.5. The molecule has 2 saturated heterocycles. The van der Waals surface area contributed by atoms with Gasteiger partial charge in [-0.15, -0.1) is 0 Å². The Morgan fingerprint density at radius 3 is 2.72 bits per heavy atom. The summed E-state index contributed by atoms with van der Waals surface area (Å²) in [5.74, 6) is -0.0674. The van der Waals surface area contributed by atoms with Gasteiger partial charge in [0.2, 0.25) is 0 Å². The fraction of sp³-hybridized carbons (Fsp3) is 0.632. The summed E-state index contributed by atoms with van der Waals surface area (Å²) in [5, 5.41) is 0. The van der Waals surface area contributed by atoms with E-state index < -0.39 is 5.82 Å². The van der Waals surface area contributed by atoms with E-state index in [0.29, 0.717) is 24.6 Å². The van der Waals surface area contributed by atoms with Gasteiger partial charge in [0, 0.05) is 30.7 Å². The van der Waals surface area contributed by atoms with Crippen molar-refractivity contribution in [2.75, 3.05) is 47.0 Å². The van der Waals surface area contributed by atoms with Crippen molar-refractivity contribution in [1.82, 2.24) is 9.80 Å². The molecule has 25 heavy (non-hydrogen) atoms. The van der Waals surface area contributed by atoms with E-state index in [9.17, 15) is 9.18 Å². The summed E-state index contributed by atoms with van der Waals surface area (Å²) in [6, 6.07) is 4.66. The third-order valence-corrected chi connectivity index (χ3v) is 5.27. The second kappa shape index (κ2) is 8.15. The molecule has 3 rings (SSSR count). The molecule has 2 aliphatic heterocycles. The van der Waals surface area contributed by atoms with Crippen LogP contribution in [0.5, 0.6) is 5.75 Å². The molecule has 1 amide bonds. The fourth-order valence-electron chi connectivity index (χ4n) is 3.68. The Labute approximate surface area is 148 Å². The van der Waals surface area contributed by atoms with E-state index >= 15 is 0 Å². The van der Waals surface area contributed by atoms with Gasteiger partial charge in [-0.05, 0) is 57.6 Å². The first-order valence-electron chi connectivity index (χ1n) is 8.99. The van der Waals surface area contributed by atoms with Crippen LogP contribution >= 0.6 is 0 Å². The van der Waals surface area contributed by atoms with Gasteiger partial charge in [0.1, 0.15) is 0 Å². The standard InChI is InChI=1S/C19H27FN2O3/c1-21-8-5-16(6-9-21)22(12-14-7-10-25-13-14)19(23)15-3-4-18(24-2)17(20)11-15/h3-4,11,14,16H,5-10,12-13H2,1-2H3. The molecule has 5 nitrogen and oxygen atoms in total. The second-order valence-electron chi connectivity index (χ2n) is 7.07. The predicted octanol–water partition coefficient (Wildman–Crippen LogP) is 2.41. The fourth-order valence-corrected chi connectivity index (χ4v) is 3.68. The number of benzene rings is 1. The van der Waals surface area contributed by atoms with Gasteiger partial charge < -0.3 is 19.3 Å². The van der Waals surface area contributed by atoms with Crippen LogP contribution in [0.1, 0.15) is 29.6 Å². The number of carbonyl (C=O) groups is 1. The quantitative estimate of drug-likeness (QED) is 0.818. The van der Waals surface area contributed by atoms with E-state index in [1.807, 2.05) is 4.90 Å². The van der Waals surface area contributed by atoms with Gasteiger partial charge >= 0.3 is 0 Å². The summed E-state index contributed by atoms with van der Waals surface area (Å²) in [7, 11) is 3.52. The Morgan fingerprint density at radius 1 is 1.36 bits per heavy atom. The number of likely N-dealkylation sites (tertiary alicyclic amines) is 1. The van der Waals surface area contributed by atoms with Crippen LogP contribution in [-0.4, -0.2) is 68.8 Å². The molecule has 0 aliphatic carbocycles. The molecule has 138 valence electrons. The number of methoxy groups -OCH3 is 1. The van der Waals surface area contributed by atoms with E-state index in [0.717, 1.165) is 39.0 Å². The Bertz CT molecular complexity index is 596. The van der Waals surface area contributed by atoms with Crippen molar-refractivity contribution < 1.29 is 18.7 Å². The van der Waals surface area contributed by atoms with Crippen LogP contribution in [0.2, 0.25) is 0 Å². The molecular weight excluding hydrogens is 323 g/mol. The highest BCUT2D eigenvalue weighted by Crippen LogP contribution is 2.24. The highest BCUT2D eigenvalue weighted by molar-refractivity contribution is 5.94. The lowest BCUT2D eigenvalue weighted by molar-refractivity contribution is 0.0536.